The van der Waals surface area contributed by atoms with Crippen LogP contribution in [0.3, 0.4) is 0 Å². The number of nitrogens with one attached hydrogen (secondary N) is 1. The normalized spacial score (nSPS) is 22.1. The lowest BCUT2D eigenvalue weighted by atomic mass is 10.1. The lowest BCUT2D eigenvalue weighted by Gasteiger charge is -2.37. The first-order chi connectivity index (χ1) is 10.3. The molecule has 0 radical (unpaired) electrons. The van der Waals surface area contributed by atoms with Crippen LogP contribution in [0.2, 0.25) is 0 Å². The molecule has 1 aromatic rings. The molecule has 0 spiro atoms. The maximum atomic E-state index is 12.4. The monoisotopic (exact) mass is 284 g/mol. The molecule has 1 N–H and O–H groups in total. The van der Waals surface area contributed by atoms with Crippen molar-refractivity contribution in [3.05, 3.63) is 29.8 Å². The highest BCUT2D eigenvalue weighted by Gasteiger charge is 2.29. The van der Waals surface area contributed by atoms with E-state index in [9.17, 15) is 10.1 Å². The van der Waals surface area contributed by atoms with Gasteiger partial charge >= 0.3 is 0 Å². The summed E-state index contributed by atoms with van der Waals surface area (Å²) in [4.78, 5) is 16.5. The molecule has 0 unspecified atom stereocenters. The molecule has 2 aliphatic heterocycles. The standard InChI is InChI=1S/C16H20N4O/c17-12-13-4-1-2-6-15(13)19-8-10-20(11-9-19)16(21)14-5-3-7-18-14/h1-2,4,6,14,18H,3,5,7-11H2/t14-/m0/s1. The topological polar surface area (TPSA) is 59.4 Å². The molecule has 2 fully saturated rings. The molecule has 0 aliphatic carbocycles. The second kappa shape index (κ2) is 6.15. The van der Waals surface area contributed by atoms with E-state index in [0.717, 1.165) is 51.3 Å². The predicted octanol–water partition coefficient (Wildman–Crippen LogP) is 0.959. The fraction of sp³-hybridized carbons (Fsp3) is 0.500. The molecule has 1 atom stereocenters. The van der Waals surface area contributed by atoms with Crippen molar-refractivity contribution in [2.75, 3.05) is 37.6 Å². The summed E-state index contributed by atoms with van der Waals surface area (Å²) in [6.07, 6.45) is 2.04. The highest BCUT2D eigenvalue weighted by molar-refractivity contribution is 5.82. The number of nitrogens with zero attached hydrogens (tertiary/aromatic N) is 3. The van der Waals surface area contributed by atoms with Gasteiger partial charge in [-0.15, -0.1) is 0 Å². The van der Waals surface area contributed by atoms with E-state index in [0.29, 0.717) is 5.56 Å². The minimum absolute atomic E-state index is 0.0166. The maximum Gasteiger partial charge on any atom is 0.239 e. The molecule has 21 heavy (non-hydrogen) atoms. The SMILES string of the molecule is N#Cc1ccccc1N1CCN(C(=O)[C@@H]2CCCN2)CC1. The zero-order valence-electron chi connectivity index (χ0n) is 12.1. The fourth-order valence-electron chi connectivity index (χ4n) is 3.13. The zero-order valence-corrected chi connectivity index (χ0v) is 12.1. The number of piperazine rings is 1. The molecule has 2 saturated heterocycles. The number of anilines is 1. The number of nitriles is 1. The van der Waals surface area contributed by atoms with Gasteiger partial charge in [-0.25, -0.2) is 0 Å². The highest BCUT2D eigenvalue weighted by atomic mass is 16.2. The third kappa shape index (κ3) is 2.86. The van der Waals surface area contributed by atoms with E-state index in [1.54, 1.807) is 0 Å². The molecule has 110 valence electrons. The van der Waals surface area contributed by atoms with Crippen LogP contribution in [0.15, 0.2) is 24.3 Å². The quantitative estimate of drug-likeness (QED) is 0.879. The van der Waals surface area contributed by atoms with Crippen molar-refractivity contribution in [3.8, 4) is 6.07 Å². The first-order valence-electron chi connectivity index (χ1n) is 7.56. The summed E-state index contributed by atoms with van der Waals surface area (Å²) in [6, 6.07) is 9.92. The molecule has 0 aromatic heterocycles. The van der Waals surface area contributed by atoms with E-state index in [1.165, 1.54) is 0 Å². The van der Waals surface area contributed by atoms with Crippen molar-refractivity contribution in [1.82, 2.24) is 10.2 Å². The van der Waals surface area contributed by atoms with Gasteiger partial charge < -0.3 is 15.1 Å². The van der Waals surface area contributed by atoms with Crippen LogP contribution in [-0.4, -0.2) is 49.6 Å². The molecule has 1 aromatic carbocycles. The van der Waals surface area contributed by atoms with Crippen molar-refractivity contribution in [2.24, 2.45) is 0 Å². The van der Waals surface area contributed by atoms with Gasteiger partial charge in [-0.1, -0.05) is 12.1 Å². The van der Waals surface area contributed by atoms with Gasteiger partial charge in [-0.2, -0.15) is 5.26 Å². The molecule has 3 rings (SSSR count). The Bertz CT molecular complexity index is 552. The van der Waals surface area contributed by atoms with Crippen LogP contribution in [0.25, 0.3) is 0 Å². The molecule has 1 amide bonds. The summed E-state index contributed by atoms with van der Waals surface area (Å²) in [5, 5.41) is 12.5. The average Bonchev–Trinajstić information content (AvgIpc) is 3.09. The van der Waals surface area contributed by atoms with E-state index in [4.69, 9.17) is 0 Å². The number of hydrogen-bond acceptors (Lipinski definition) is 4. The molecular weight excluding hydrogens is 264 g/mol. The van der Waals surface area contributed by atoms with Crippen LogP contribution in [0, 0.1) is 11.3 Å². The third-order valence-corrected chi connectivity index (χ3v) is 4.31. The van der Waals surface area contributed by atoms with Crippen LogP contribution in [0.4, 0.5) is 5.69 Å². The minimum atomic E-state index is 0.0166. The van der Waals surface area contributed by atoms with E-state index >= 15 is 0 Å². The Kier molecular flexibility index (Phi) is 4.07. The van der Waals surface area contributed by atoms with Crippen LogP contribution in [0.5, 0.6) is 0 Å². The van der Waals surface area contributed by atoms with E-state index in [-0.39, 0.29) is 11.9 Å². The number of carbonyl (C=O) groups is 1. The fourth-order valence-corrected chi connectivity index (χ4v) is 3.13. The molecular formula is C16H20N4O. The Balaban J connectivity index is 1.62. The molecule has 0 saturated carbocycles. The molecule has 5 nitrogen and oxygen atoms in total. The van der Waals surface area contributed by atoms with Gasteiger partial charge in [-0.05, 0) is 31.5 Å². The number of carbonyl (C=O) groups excluding carboxylic acids is 1. The molecule has 0 bridgehead atoms. The van der Waals surface area contributed by atoms with Crippen molar-refractivity contribution >= 4 is 11.6 Å². The lowest BCUT2D eigenvalue weighted by Crippen LogP contribution is -2.53. The number of amides is 1. The first-order valence-corrected chi connectivity index (χ1v) is 7.56. The summed E-state index contributed by atoms with van der Waals surface area (Å²) in [7, 11) is 0. The summed E-state index contributed by atoms with van der Waals surface area (Å²) < 4.78 is 0. The van der Waals surface area contributed by atoms with Crippen LogP contribution < -0.4 is 10.2 Å². The highest BCUT2D eigenvalue weighted by Crippen LogP contribution is 2.21. The van der Waals surface area contributed by atoms with Crippen molar-refractivity contribution in [3.63, 3.8) is 0 Å². The smallest absolute Gasteiger partial charge is 0.239 e. The summed E-state index contributed by atoms with van der Waals surface area (Å²) in [5.41, 5.74) is 1.68. The van der Waals surface area contributed by atoms with Gasteiger partial charge in [0, 0.05) is 26.2 Å². The Hall–Kier alpha value is -2.06. The second-order valence-electron chi connectivity index (χ2n) is 5.59. The summed E-state index contributed by atoms with van der Waals surface area (Å²) >= 11 is 0. The number of para-hydroxylation sites is 1. The third-order valence-electron chi connectivity index (χ3n) is 4.31. The van der Waals surface area contributed by atoms with Gasteiger partial charge in [0.15, 0.2) is 0 Å². The maximum absolute atomic E-state index is 12.4. The summed E-state index contributed by atoms with van der Waals surface area (Å²) in [5.74, 6) is 0.237. The van der Waals surface area contributed by atoms with Gasteiger partial charge in [0.1, 0.15) is 6.07 Å². The van der Waals surface area contributed by atoms with Gasteiger partial charge in [0.25, 0.3) is 0 Å². The van der Waals surface area contributed by atoms with Crippen molar-refractivity contribution in [1.29, 1.82) is 5.26 Å². The summed E-state index contributed by atoms with van der Waals surface area (Å²) in [6.45, 7) is 3.99. The van der Waals surface area contributed by atoms with Gasteiger partial charge in [0.2, 0.25) is 5.91 Å². The average molecular weight is 284 g/mol. The predicted molar refractivity (Wildman–Crippen MR) is 81.0 cm³/mol. The second-order valence-corrected chi connectivity index (χ2v) is 5.59. The van der Waals surface area contributed by atoms with Gasteiger partial charge in [-0.3, -0.25) is 4.79 Å². The molecule has 5 heteroatoms. The van der Waals surface area contributed by atoms with Gasteiger partial charge in [0.05, 0.1) is 17.3 Å². The minimum Gasteiger partial charge on any atom is -0.367 e. The molecule has 2 heterocycles. The Morgan fingerprint density at radius 1 is 1.24 bits per heavy atom. The van der Waals surface area contributed by atoms with Crippen molar-refractivity contribution in [2.45, 2.75) is 18.9 Å². The van der Waals surface area contributed by atoms with Crippen LogP contribution in [0.1, 0.15) is 18.4 Å². The van der Waals surface area contributed by atoms with E-state index < -0.39 is 0 Å². The largest absolute Gasteiger partial charge is 0.367 e. The molecule has 2 aliphatic rings. The lowest BCUT2D eigenvalue weighted by molar-refractivity contribution is -0.133. The van der Waals surface area contributed by atoms with E-state index in [2.05, 4.69) is 16.3 Å². The van der Waals surface area contributed by atoms with Crippen molar-refractivity contribution < 1.29 is 4.79 Å². The van der Waals surface area contributed by atoms with Crippen LogP contribution in [-0.2, 0) is 4.79 Å². The Morgan fingerprint density at radius 3 is 2.67 bits per heavy atom. The Morgan fingerprint density at radius 2 is 2.00 bits per heavy atom. The number of rotatable bonds is 2. The van der Waals surface area contributed by atoms with E-state index in [1.807, 2.05) is 29.2 Å². The zero-order chi connectivity index (χ0) is 14.7. The Labute approximate surface area is 125 Å². The van der Waals surface area contributed by atoms with Crippen LogP contribution >= 0.6 is 0 Å². The first kappa shape index (κ1) is 13.9. The number of hydrogen-bond donors (Lipinski definition) is 1. The number of benzene rings is 1.